The number of ether oxygens (including phenoxy) is 1. The zero-order chi connectivity index (χ0) is 9.68. The molecule has 6 heteroatoms. The van der Waals surface area contributed by atoms with Gasteiger partial charge in [-0.1, -0.05) is 0 Å². The van der Waals surface area contributed by atoms with Crippen LogP contribution in [0.3, 0.4) is 0 Å². The second-order valence-corrected chi connectivity index (χ2v) is 2.95. The molecule has 0 aromatic carbocycles. The van der Waals surface area contributed by atoms with E-state index in [-0.39, 0.29) is 25.1 Å². The molecular formula is C7H15N3O3. The number of nitrogens with two attached hydrogens (primary N) is 1. The van der Waals surface area contributed by atoms with Crippen molar-refractivity contribution in [1.82, 2.24) is 10.3 Å². The van der Waals surface area contributed by atoms with Gasteiger partial charge in [0, 0.05) is 6.54 Å². The quantitative estimate of drug-likeness (QED) is 0.263. The Kier molecular flexibility index (Phi) is 4.10. The second kappa shape index (κ2) is 5.13. The third kappa shape index (κ3) is 2.92. The Bertz CT molecular complexity index is 176. The lowest BCUT2D eigenvalue weighted by Gasteiger charge is -2.33. The van der Waals surface area contributed by atoms with Crippen molar-refractivity contribution in [2.75, 3.05) is 32.9 Å². The van der Waals surface area contributed by atoms with Crippen LogP contribution < -0.4 is 11.3 Å². The Labute approximate surface area is 76.6 Å². The highest BCUT2D eigenvalue weighted by atomic mass is 16.5. The van der Waals surface area contributed by atoms with Crippen LogP contribution >= 0.6 is 0 Å². The molecule has 1 atom stereocenters. The van der Waals surface area contributed by atoms with Crippen molar-refractivity contribution in [1.29, 1.82) is 0 Å². The maximum absolute atomic E-state index is 10.9. The van der Waals surface area contributed by atoms with Gasteiger partial charge in [-0.3, -0.25) is 15.1 Å². The highest BCUT2D eigenvalue weighted by molar-refractivity contribution is 5.77. The molecule has 0 aromatic rings. The van der Waals surface area contributed by atoms with Crippen LogP contribution in [0.15, 0.2) is 0 Å². The minimum Gasteiger partial charge on any atom is -0.395 e. The van der Waals surface area contributed by atoms with Crippen molar-refractivity contribution in [2.24, 2.45) is 5.84 Å². The molecule has 0 radical (unpaired) electrons. The van der Waals surface area contributed by atoms with Gasteiger partial charge in [-0.15, -0.1) is 0 Å². The lowest BCUT2D eigenvalue weighted by molar-refractivity contribution is -0.125. The third-order valence-electron chi connectivity index (χ3n) is 2.07. The number of carbonyl (C=O) groups is 1. The smallest absolute Gasteiger partial charge is 0.248 e. The van der Waals surface area contributed by atoms with Crippen molar-refractivity contribution in [3.05, 3.63) is 0 Å². The molecule has 76 valence electrons. The van der Waals surface area contributed by atoms with Crippen LogP contribution in [0.4, 0.5) is 0 Å². The van der Waals surface area contributed by atoms with E-state index in [1.165, 1.54) is 0 Å². The molecule has 0 bridgehead atoms. The number of hydrogen-bond acceptors (Lipinski definition) is 5. The van der Waals surface area contributed by atoms with Crippen LogP contribution in [0.2, 0.25) is 0 Å². The molecule has 13 heavy (non-hydrogen) atoms. The van der Waals surface area contributed by atoms with Crippen molar-refractivity contribution >= 4 is 5.91 Å². The maximum Gasteiger partial charge on any atom is 0.248 e. The van der Waals surface area contributed by atoms with E-state index in [0.717, 1.165) is 0 Å². The number of nitrogens with one attached hydrogen (secondary N) is 1. The van der Waals surface area contributed by atoms with Crippen LogP contribution in [0.25, 0.3) is 0 Å². The van der Waals surface area contributed by atoms with E-state index in [9.17, 15) is 4.79 Å². The third-order valence-corrected chi connectivity index (χ3v) is 2.07. The molecule has 1 fully saturated rings. The van der Waals surface area contributed by atoms with Crippen LogP contribution in [0.5, 0.6) is 0 Å². The maximum atomic E-state index is 10.9. The van der Waals surface area contributed by atoms with Gasteiger partial charge in [0.25, 0.3) is 0 Å². The van der Waals surface area contributed by atoms with Gasteiger partial charge in [0.05, 0.1) is 32.4 Å². The molecule has 1 amide bonds. The Hall–Kier alpha value is -0.690. The van der Waals surface area contributed by atoms with Crippen LogP contribution in [-0.4, -0.2) is 54.9 Å². The number of morpholine rings is 1. The summed E-state index contributed by atoms with van der Waals surface area (Å²) >= 11 is 0. The van der Waals surface area contributed by atoms with Crippen molar-refractivity contribution < 1.29 is 14.6 Å². The first kappa shape index (κ1) is 10.4. The molecule has 0 spiro atoms. The summed E-state index contributed by atoms with van der Waals surface area (Å²) in [4.78, 5) is 12.8. The predicted molar refractivity (Wildman–Crippen MR) is 45.6 cm³/mol. The van der Waals surface area contributed by atoms with E-state index in [4.69, 9.17) is 15.7 Å². The van der Waals surface area contributed by atoms with E-state index in [1.54, 1.807) is 0 Å². The summed E-state index contributed by atoms with van der Waals surface area (Å²) in [5.74, 6) is 4.71. The number of rotatable bonds is 3. The number of nitrogens with zero attached hydrogens (tertiary/aromatic N) is 1. The number of hydrazine groups is 1. The monoisotopic (exact) mass is 189 g/mol. The summed E-state index contributed by atoms with van der Waals surface area (Å²) in [6.45, 7) is 1.92. The number of amides is 1. The lowest BCUT2D eigenvalue weighted by Crippen LogP contribution is -2.51. The summed E-state index contributed by atoms with van der Waals surface area (Å²) in [7, 11) is 0. The van der Waals surface area contributed by atoms with Crippen LogP contribution in [0.1, 0.15) is 0 Å². The summed E-state index contributed by atoms with van der Waals surface area (Å²) < 4.78 is 5.15. The molecule has 0 aromatic heterocycles. The fourth-order valence-corrected chi connectivity index (χ4v) is 1.30. The largest absolute Gasteiger partial charge is 0.395 e. The fraction of sp³-hybridized carbons (Fsp3) is 0.857. The second-order valence-electron chi connectivity index (χ2n) is 2.95. The van der Waals surface area contributed by atoms with Gasteiger partial charge in [0.15, 0.2) is 0 Å². The van der Waals surface area contributed by atoms with E-state index >= 15 is 0 Å². The van der Waals surface area contributed by atoms with E-state index in [1.807, 2.05) is 4.90 Å². The summed E-state index contributed by atoms with van der Waals surface area (Å²) in [5, 5.41) is 8.96. The molecule has 1 unspecified atom stereocenters. The van der Waals surface area contributed by atoms with E-state index < -0.39 is 0 Å². The normalized spacial score (nSPS) is 24.3. The zero-order valence-corrected chi connectivity index (χ0v) is 7.40. The molecule has 1 saturated heterocycles. The molecule has 0 saturated carbocycles. The average molecular weight is 189 g/mol. The van der Waals surface area contributed by atoms with Crippen molar-refractivity contribution in [3.8, 4) is 0 Å². The average Bonchev–Trinajstić information content (AvgIpc) is 2.18. The van der Waals surface area contributed by atoms with Gasteiger partial charge in [-0.25, -0.2) is 5.84 Å². The van der Waals surface area contributed by atoms with Crippen LogP contribution in [-0.2, 0) is 9.53 Å². The molecule has 1 rings (SSSR count). The molecular weight excluding hydrogens is 174 g/mol. The zero-order valence-electron chi connectivity index (χ0n) is 7.40. The topological polar surface area (TPSA) is 87.8 Å². The molecule has 1 aliphatic rings. The number of hydrogen-bond donors (Lipinski definition) is 3. The lowest BCUT2D eigenvalue weighted by atomic mass is 10.2. The minimum absolute atomic E-state index is 0.00213. The highest BCUT2D eigenvalue weighted by Gasteiger charge is 2.23. The summed E-state index contributed by atoms with van der Waals surface area (Å²) in [5.41, 5.74) is 2.05. The van der Waals surface area contributed by atoms with Gasteiger partial charge in [0.2, 0.25) is 5.91 Å². The Morgan fingerprint density at radius 1 is 1.77 bits per heavy atom. The van der Waals surface area contributed by atoms with Gasteiger partial charge in [0.1, 0.15) is 0 Å². The van der Waals surface area contributed by atoms with Crippen molar-refractivity contribution in [3.63, 3.8) is 0 Å². The first-order chi connectivity index (χ1) is 6.27. The van der Waals surface area contributed by atoms with Gasteiger partial charge >= 0.3 is 0 Å². The SMILES string of the molecule is NNC(=O)CN1CCOCC1CO. The first-order valence-electron chi connectivity index (χ1n) is 4.20. The predicted octanol–water partition coefficient (Wildman–Crippen LogP) is -2.33. The van der Waals surface area contributed by atoms with Crippen LogP contribution in [0, 0.1) is 0 Å². The summed E-state index contributed by atoms with van der Waals surface area (Å²) in [6.07, 6.45) is 0. The number of aliphatic hydroxyl groups excluding tert-OH is 1. The first-order valence-corrected chi connectivity index (χ1v) is 4.20. The highest BCUT2D eigenvalue weighted by Crippen LogP contribution is 2.04. The number of aliphatic hydroxyl groups is 1. The molecule has 1 heterocycles. The van der Waals surface area contributed by atoms with Gasteiger partial charge in [-0.2, -0.15) is 0 Å². The molecule has 1 aliphatic heterocycles. The molecule has 4 N–H and O–H groups in total. The minimum atomic E-state index is -0.250. The standard InChI is InChI=1S/C7H15N3O3/c8-9-7(12)3-10-1-2-13-5-6(10)4-11/h6,11H,1-5,8H2,(H,9,12). The number of carbonyl (C=O) groups excluding carboxylic acids is 1. The van der Waals surface area contributed by atoms with Gasteiger partial charge < -0.3 is 9.84 Å². The Morgan fingerprint density at radius 2 is 2.54 bits per heavy atom. The van der Waals surface area contributed by atoms with Crippen molar-refractivity contribution in [2.45, 2.75) is 6.04 Å². The molecule has 6 nitrogen and oxygen atoms in total. The summed E-state index contributed by atoms with van der Waals surface area (Å²) in [6, 6.07) is -0.0916. The molecule has 0 aliphatic carbocycles. The van der Waals surface area contributed by atoms with E-state index in [2.05, 4.69) is 5.43 Å². The fourth-order valence-electron chi connectivity index (χ4n) is 1.30. The van der Waals surface area contributed by atoms with Gasteiger partial charge in [-0.05, 0) is 0 Å². The van der Waals surface area contributed by atoms with E-state index in [0.29, 0.717) is 19.8 Å². The Balaban J connectivity index is 2.40. The Morgan fingerprint density at radius 3 is 3.15 bits per heavy atom.